The highest BCUT2D eigenvalue weighted by Gasteiger charge is 2.60. The molecule has 0 spiro atoms. The van der Waals surface area contributed by atoms with Gasteiger partial charge in [-0.15, -0.1) is 0 Å². The topological polar surface area (TPSA) is 76.3 Å². The summed E-state index contributed by atoms with van der Waals surface area (Å²) in [7, 11) is 0. The van der Waals surface area contributed by atoms with Crippen LogP contribution in [0.15, 0.2) is 18.2 Å². The molecule has 0 aromatic heterocycles. The fourth-order valence-electron chi connectivity index (χ4n) is 6.00. The van der Waals surface area contributed by atoms with Crippen LogP contribution in [0.2, 0.25) is 0 Å². The summed E-state index contributed by atoms with van der Waals surface area (Å²) in [6.45, 7) is -0.0662. The molecule has 24 heavy (non-hydrogen) atoms. The molecule has 4 nitrogen and oxygen atoms in total. The van der Waals surface area contributed by atoms with Crippen LogP contribution in [0.5, 0.6) is 0 Å². The molecular weight excluding hydrogens is 300 g/mol. The van der Waals surface area contributed by atoms with Crippen molar-refractivity contribution in [2.75, 3.05) is 6.61 Å². The number of aliphatic hydroxyl groups is 2. The third-order valence-corrected chi connectivity index (χ3v) is 6.45. The van der Waals surface area contributed by atoms with E-state index in [0.717, 1.165) is 31.2 Å². The normalized spacial score (nSPS) is 39.0. The van der Waals surface area contributed by atoms with Crippen molar-refractivity contribution in [1.29, 1.82) is 5.26 Å². The summed E-state index contributed by atoms with van der Waals surface area (Å²) in [5, 5.41) is 34.0. The molecule has 4 saturated carbocycles. The lowest BCUT2D eigenvalue weighted by Crippen LogP contribution is -2.61. The maximum Gasteiger partial charge on any atom is 0.102 e. The van der Waals surface area contributed by atoms with Crippen molar-refractivity contribution < 1.29 is 10.2 Å². The number of rotatable bonds is 5. The smallest absolute Gasteiger partial charge is 0.102 e. The zero-order valence-electron chi connectivity index (χ0n) is 13.8. The van der Waals surface area contributed by atoms with Gasteiger partial charge in [0.1, 0.15) is 6.04 Å². The Bertz CT molecular complexity index is 625. The standard InChI is InChI=1S/C20H24N2O2/c21-11-18(22-17(12-23)16-4-2-1-3-5-16)19-7-14-6-15(8-19)10-20(24,9-14)13-19/h2,4-5,14-15,17-18,22-24H,6-10,12-13H2. The van der Waals surface area contributed by atoms with Crippen LogP contribution >= 0.6 is 0 Å². The summed E-state index contributed by atoms with van der Waals surface area (Å²) >= 11 is 0. The van der Waals surface area contributed by atoms with Crippen molar-refractivity contribution in [3.05, 3.63) is 35.9 Å². The van der Waals surface area contributed by atoms with Crippen molar-refractivity contribution in [2.45, 2.75) is 56.2 Å². The van der Waals surface area contributed by atoms with Gasteiger partial charge in [-0.3, -0.25) is 5.32 Å². The summed E-state index contributed by atoms with van der Waals surface area (Å²) < 4.78 is 0. The first-order chi connectivity index (χ1) is 11.6. The van der Waals surface area contributed by atoms with E-state index in [9.17, 15) is 15.5 Å². The Morgan fingerprint density at radius 1 is 1.29 bits per heavy atom. The van der Waals surface area contributed by atoms with Gasteiger partial charge in [-0.1, -0.05) is 12.1 Å². The summed E-state index contributed by atoms with van der Waals surface area (Å²) in [5.41, 5.74) is 0.177. The summed E-state index contributed by atoms with van der Waals surface area (Å²) in [6, 6.07) is 13.1. The van der Waals surface area contributed by atoms with Gasteiger partial charge in [-0.25, -0.2) is 0 Å². The SMILES string of the molecule is N#CC(NC(CO)c1cc#ccc1)C12CC3CC(CC(O)(C3)C1)C2. The summed E-state index contributed by atoms with van der Waals surface area (Å²) in [6.07, 6.45) is 5.75. The number of hydrogen-bond donors (Lipinski definition) is 3. The first-order valence-electron chi connectivity index (χ1n) is 8.92. The van der Waals surface area contributed by atoms with E-state index in [2.05, 4.69) is 23.5 Å². The van der Waals surface area contributed by atoms with E-state index in [1.54, 1.807) is 12.1 Å². The number of nitriles is 1. The van der Waals surface area contributed by atoms with Crippen LogP contribution in [-0.2, 0) is 0 Å². The lowest BCUT2D eigenvalue weighted by Gasteiger charge is -2.61. The molecule has 5 rings (SSSR count). The van der Waals surface area contributed by atoms with Gasteiger partial charge in [0, 0.05) is 5.41 Å². The summed E-state index contributed by atoms with van der Waals surface area (Å²) in [4.78, 5) is 0. The second-order valence-electron chi connectivity index (χ2n) is 8.28. The quantitative estimate of drug-likeness (QED) is 0.775. The number of nitrogens with zero attached hydrogens (tertiary/aromatic N) is 1. The molecule has 4 bridgehead atoms. The minimum atomic E-state index is -0.578. The van der Waals surface area contributed by atoms with Crippen molar-refractivity contribution in [1.82, 2.24) is 5.32 Å². The predicted molar refractivity (Wildman–Crippen MR) is 88.5 cm³/mol. The van der Waals surface area contributed by atoms with Crippen LogP contribution in [-0.4, -0.2) is 28.5 Å². The highest BCUT2D eigenvalue weighted by molar-refractivity contribution is 5.20. The van der Waals surface area contributed by atoms with Crippen molar-refractivity contribution >= 4 is 0 Å². The first kappa shape index (κ1) is 15.9. The zero-order valence-corrected chi connectivity index (χ0v) is 13.8. The first-order valence-corrected chi connectivity index (χ1v) is 8.92. The summed E-state index contributed by atoms with van der Waals surface area (Å²) in [5.74, 6) is 1.09. The van der Waals surface area contributed by atoms with Crippen LogP contribution in [0.25, 0.3) is 0 Å². The molecule has 0 aliphatic heterocycles. The second-order valence-corrected chi connectivity index (χ2v) is 8.28. The largest absolute Gasteiger partial charge is 0.394 e. The monoisotopic (exact) mass is 324 g/mol. The third-order valence-electron chi connectivity index (χ3n) is 6.45. The minimum Gasteiger partial charge on any atom is -0.394 e. The van der Waals surface area contributed by atoms with Gasteiger partial charge in [0.05, 0.1) is 24.3 Å². The van der Waals surface area contributed by atoms with Crippen LogP contribution in [0.4, 0.5) is 0 Å². The molecule has 1 aromatic rings. The molecule has 0 radical (unpaired) electrons. The average molecular weight is 324 g/mol. The molecule has 0 amide bonds. The second kappa shape index (κ2) is 5.74. The average Bonchev–Trinajstić information content (AvgIpc) is 2.54. The van der Waals surface area contributed by atoms with E-state index in [4.69, 9.17) is 0 Å². The zero-order chi connectivity index (χ0) is 16.8. The molecule has 4 atom stereocenters. The van der Waals surface area contributed by atoms with Gasteiger partial charge in [0.15, 0.2) is 0 Å². The van der Waals surface area contributed by atoms with Gasteiger partial charge in [-0.05, 0) is 74.1 Å². The molecule has 4 heteroatoms. The van der Waals surface area contributed by atoms with Crippen LogP contribution in [0.3, 0.4) is 0 Å². The molecule has 0 heterocycles. The Morgan fingerprint density at radius 3 is 2.58 bits per heavy atom. The number of nitrogens with one attached hydrogen (secondary N) is 1. The highest BCUT2D eigenvalue weighted by Crippen LogP contribution is 2.62. The molecular formula is C20H24N2O2. The van der Waals surface area contributed by atoms with Crippen LogP contribution in [0.1, 0.15) is 50.1 Å². The molecule has 1 aromatic carbocycles. The molecule has 4 fully saturated rings. The Kier molecular flexibility index (Phi) is 3.81. The lowest BCUT2D eigenvalue weighted by atomic mass is 9.46. The molecule has 3 N–H and O–H groups in total. The fraction of sp³-hybridized carbons (Fsp3) is 0.650. The van der Waals surface area contributed by atoms with E-state index in [0.29, 0.717) is 18.3 Å². The van der Waals surface area contributed by atoms with Crippen molar-refractivity contribution in [3.8, 4) is 6.07 Å². The molecule has 126 valence electrons. The van der Waals surface area contributed by atoms with Gasteiger partial charge in [-0.2, -0.15) is 5.26 Å². The number of aliphatic hydroxyl groups excluding tert-OH is 1. The molecule has 4 unspecified atom stereocenters. The lowest BCUT2D eigenvalue weighted by molar-refractivity contribution is -0.169. The number of hydrogen-bond acceptors (Lipinski definition) is 4. The molecule has 0 saturated heterocycles. The Hall–Kier alpha value is -1.59. The van der Waals surface area contributed by atoms with Gasteiger partial charge >= 0.3 is 0 Å². The molecule has 4 aliphatic carbocycles. The maximum absolute atomic E-state index is 10.9. The predicted octanol–water partition coefficient (Wildman–Crippen LogP) is 2.13. The van der Waals surface area contributed by atoms with Crippen molar-refractivity contribution in [2.24, 2.45) is 17.3 Å². The van der Waals surface area contributed by atoms with E-state index in [1.807, 2.05) is 6.07 Å². The highest BCUT2D eigenvalue weighted by atomic mass is 16.3. The van der Waals surface area contributed by atoms with E-state index in [1.165, 1.54) is 6.42 Å². The Balaban J connectivity index is 1.59. The van der Waals surface area contributed by atoms with Gasteiger partial charge < -0.3 is 10.2 Å². The fourth-order valence-corrected chi connectivity index (χ4v) is 6.00. The van der Waals surface area contributed by atoms with Gasteiger partial charge in [0.25, 0.3) is 0 Å². The Labute approximate surface area is 143 Å². The third kappa shape index (κ3) is 2.60. The maximum atomic E-state index is 10.9. The Morgan fingerprint density at radius 2 is 2.04 bits per heavy atom. The van der Waals surface area contributed by atoms with E-state index >= 15 is 0 Å². The minimum absolute atomic E-state index is 0.0662. The van der Waals surface area contributed by atoms with E-state index < -0.39 is 5.60 Å². The van der Waals surface area contributed by atoms with E-state index in [-0.39, 0.29) is 24.1 Å². The van der Waals surface area contributed by atoms with Crippen molar-refractivity contribution in [3.63, 3.8) is 0 Å². The van der Waals surface area contributed by atoms with Crippen LogP contribution in [0, 0.1) is 40.7 Å². The van der Waals surface area contributed by atoms with Gasteiger partial charge in [0.2, 0.25) is 0 Å². The molecule has 4 aliphatic rings. The van der Waals surface area contributed by atoms with Crippen LogP contribution < -0.4 is 5.32 Å².